The summed E-state index contributed by atoms with van der Waals surface area (Å²) in [6.07, 6.45) is 0.816. The Hall–Kier alpha value is -3.16. The number of likely N-dealkylation sites (N-methyl/N-ethyl adjacent to an activating group) is 1. The first-order valence-electron chi connectivity index (χ1n) is 10.0. The minimum Gasteiger partial charge on any atom is -0.493 e. The Balaban J connectivity index is 1.56. The van der Waals surface area contributed by atoms with Crippen molar-refractivity contribution in [3.63, 3.8) is 0 Å². The van der Waals surface area contributed by atoms with E-state index in [-0.39, 0.29) is 5.56 Å². The van der Waals surface area contributed by atoms with Crippen molar-refractivity contribution < 1.29 is 9.47 Å². The van der Waals surface area contributed by atoms with E-state index in [0.29, 0.717) is 17.8 Å². The highest BCUT2D eigenvalue weighted by molar-refractivity contribution is 7.13. The van der Waals surface area contributed by atoms with Crippen LogP contribution in [0.25, 0.3) is 21.3 Å². The second-order valence-corrected chi connectivity index (χ2v) is 8.28. The van der Waals surface area contributed by atoms with Crippen molar-refractivity contribution in [3.05, 3.63) is 75.9 Å². The summed E-state index contributed by atoms with van der Waals surface area (Å²) in [6, 6.07) is 17.6. The van der Waals surface area contributed by atoms with E-state index in [1.807, 2.05) is 67.0 Å². The molecule has 0 atom stereocenters. The van der Waals surface area contributed by atoms with Crippen LogP contribution in [0.5, 0.6) is 11.5 Å². The summed E-state index contributed by atoms with van der Waals surface area (Å²) in [5.41, 5.74) is 1.91. The maximum Gasteiger partial charge on any atom is 0.275 e. The summed E-state index contributed by atoms with van der Waals surface area (Å²) in [5, 5.41) is 8.33. The van der Waals surface area contributed by atoms with Gasteiger partial charge in [0, 0.05) is 11.9 Å². The molecule has 2 aromatic carbocycles. The predicted octanol–water partition coefficient (Wildman–Crippen LogP) is 4.27. The largest absolute Gasteiger partial charge is 0.493 e. The number of hydrogen-bond donors (Lipinski definition) is 0. The van der Waals surface area contributed by atoms with Crippen molar-refractivity contribution >= 4 is 22.1 Å². The van der Waals surface area contributed by atoms with Gasteiger partial charge in [-0.05, 0) is 48.7 Å². The second-order valence-electron chi connectivity index (χ2n) is 7.34. The Bertz CT molecular complexity index is 1230. The summed E-state index contributed by atoms with van der Waals surface area (Å²) < 4.78 is 12.3. The van der Waals surface area contributed by atoms with E-state index in [0.717, 1.165) is 40.2 Å². The molecule has 4 rings (SSSR count). The Labute approximate surface area is 185 Å². The van der Waals surface area contributed by atoms with Crippen LogP contribution in [0.3, 0.4) is 0 Å². The molecular weight excluding hydrogens is 410 g/mol. The van der Waals surface area contributed by atoms with Crippen LogP contribution in [0, 0.1) is 0 Å². The lowest BCUT2D eigenvalue weighted by molar-refractivity contribution is 0.252. The zero-order chi connectivity index (χ0) is 21.8. The zero-order valence-electron chi connectivity index (χ0n) is 17.9. The summed E-state index contributed by atoms with van der Waals surface area (Å²) in [5.74, 6) is 1.43. The van der Waals surface area contributed by atoms with Crippen molar-refractivity contribution in [3.8, 4) is 22.1 Å². The lowest BCUT2D eigenvalue weighted by Gasteiger charge is -2.19. The van der Waals surface area contributed by atoms with E-state index < -0.39 is 0 Å². The fourth-order valence-electron chi connectivity index (χ4n) is 3.58. The quantitative estimate of drug-likeness (QED) is 0.414. The molecule has 160 valence electrons. The molecule has 4 aromatic rings. The molecule has 2 aromatic heterocycles. The van der Waals surface area contributed by atoms with Crippen molar-refractivity contribution in [2.24, 2.45) is 0 Å². The average Bonchev–Trinajstić information content (AvgIpc) is 3.34. The molecule has 7 heteroatoms. The second kappa shape index (κ2) is 9.32. The molecule has 0 unspecified atom stereocenters. The van der Waals surface area contributed by atoms with Gasteiger partial charge in [0.1, 0.15) is 5.69 Å². The van der Waals surface area contributed by atoms with Gasteiger partial charge < -0.3 is 9.47 Å². The fourth-order valence-corrected chi connectivity index (χ4v) is 4.31. The third-order valence-corrected chi connectivity index (χ3v) is 6.10. The lowest BCUT2D eigenvalue weighted by Crippen LogP contribution is -2.33. The van der Waals surface area contributed by atoms with Gasteiger partial charge in [-0.3, -0.25) is 9.69 Å². The van der Waals surface area contributed by atoms with Crippen molar-refractivity contribution in [1.82, 2.24) is 14.7 Å². The molecule has 0 saturated heterocycles. The minimum absolute atomic E-state index is 0.0751. The van der Waals surface area contributed by atoms with Gasteiger partial charge >= 0.3 is 0 Å². The Morgan fingerprint density at radius 3 is 2.48 bits per heavy atom. The third-order valence-electron chi connectivity index (χ3n) is 5.23. The van der Waals surface area contributed by atoms with Crippen molar-refractivity contribution in [2.75, 3.05) is 27.8 Å². The monoisotopic (exact) mass is 435 g/mol. The molecule has 0 aliphatic heterocycles. The van der Waals surface area contributed by atoms with Gasteiger partial charge in [-0.25, -0.2) is 4.68 Å². The summed E-state index contributed by atoms with van der Waals surface area (Å²) in [6.45, 7) is 1.18. The highest BCUT2D eigenvalue weighted by atomic mass is 32.1. The van der Waals surface area contributed by atoms with Gasteiger partial charge in [-0.2, -0.15) is 5.10 Å². The van der Waals surface area contributed by atoms with Crippen LogP contribution in [-0.2, 0) is 13.1 Å². The van der Waals surface area contributed by atoms with Crippen LogP contribution >= 0.6 is 11.3 Å². The van der Waals surface area contributed by atoms with Crippen LogP contribution in [-0.4, -0.2) is 42.5 Å². The molecule has 0 saturated carbocycles. The lowest BCUT2D eigenvalue weighted by atomic mass is 10.1. The van der Waals surface area contributed by atoms with Gasteiger partial charge in [-0.15, -0.1) is 11.3 Å². The molecule has 0 spiro atoms. The number of benzene rings is 2. The number of methoxy groups -OCH3 is 2. The average molecular weight is 436 g/mol. The molecule has 0 amide bonds. The van der Waals surface area contributed by atoms with Gasteiger partial charge in [0.15, 0.2) is 11.5 Å². The molecule has 0 aliphatic carbocycles. The number of fused-ring (bicyclic) bond motifs is 1. The van der Waals surface area contributed by atoms with Crippen molar-refractivity contribution in [2.45, 2.75) is 13.1 Å². The van der Waals surface area contributed by atoms with E-state index in [2.05, 4.69) is 4.90 Å². The fraction of sp³-hybridized carbons (Fsp3) is 0.250. The first kappa shape index (κ1) is 21.1. The van der Waals surface area contributed by atoms with Crippen LogP contribution in [0.15, 0.2) is 64.8 Å². The number of ether oxygens (including phenoxy) is 2. The number of thiophene rings is 1. The molecular formula is C24H25N3O3S. The van der Waals surface area contributed by atoms with Gasteiger partial charge in [0.05, 0.1) is 31.2 Å². The predicted molar refractivity (Wildman–Crippen MR) is 125 cm³/mol. The highest BCUT2D eigenvalue weighted by Crippen LogP contribution is 2.29. The molecule has 31 heavy (non-hydrogen) atoms. The normalized spacial score (nSPS) is 11.2. The van der Waals surface area contributed by atoms with Crippen LogP contribution in [0.4, 0.5) is 0 Å². The van der Waals surface area contributed by atoms with E-state index in [1.165, 1.54) is 0 Å². The standard InChI is InChI=1S/C24H25N3O3S/c1-26(13-12-17-10-11-20(29-2)21(15-17)30-3)16-27-24(28)19-8-5-4-7-18(19)23(25-27)22-9-6-14-31-22/h4-11,14-15H,12-13,16H2,1-3H3. The van der Waals surface area contributed by atoms with Crippen LogP contribution in [0.2, 0.25) is 0 Å². The number of rotatable bonds is 8. The number of aromatic nitrogens is 2. The van der Waals surface area contributed by atoms with Gasteiger partial charge in [0.2, 0.25) is 0 Å². The Kier molecular flexibility index (Phi) is 6.34. The first-order valence-corrected chi connectivity index (χ1v) is 10.9. The molecule has 0 bridgehead atoms. The number of nitrogens with zero attached hydrogens (tertiary/aromatic N) is 3. The summed E-state index contributed by atoms with van der Waals surface area (Å²) in [7, 11) is 5.26. The minimum atomic E-state index is -0.0751. The van der Waals surface area contributed by atoms with Gasteiger partial charge in [-0.1, -0.05) is 30.3 Å². The van der Waals surface area contributed by atoms with E-state index in [1.54, 1.807) is 30.2 Å². The molecule has 0 fully saturated rings. The highest BCUT2D eigenvalue weighted by Gasteiger charge is 2.14. The third kappa shape index (κ3) is 4.47. The molecule has 0 aliphatic rings. The van der Waals surface area contributed by atoms with Crippen LogP contribution in [0.1, 0.15) is 5.56 Å². The van der Waals surface area contributed by atoms with E-state index in [4.69, 9.17) is 14.6 Å². The molecule has 0 N–H and O–H groups in total. The maximum absolute atomic E-state index is 13.1. The topological polar surface area (TPSA) is 56.6 Å². The zero-order valence-corrected chi connectivity index (χ0v) is 18.7. The molecule has 6 nitrogen and oxygen atoms in total. The Morgan fingerprint density at radius 1 is 1.00 bits per heavy atom. The van der Waals surface area contributed by atoms with E-state index in [9.17, 15) is 4.79 Å². The van der Waals surface area contributed by atoms with Crippen molar-refractivity contribution in [1.29, 1.82) is 0 Å². The molecule has 0 radical (unpaired) electrons. The van der Waals surface area contributed by atoms with E-state index >= 15 is 0 Å². The van der Waals surface area contributed by atoms with Crippen LogP contribution < -0.4 is 15.0 Å². The Morgan fingerprint density at radius 2 is 1.77 bits per heavy atom. The smallest absolute Gasteiger partial charge is 0.275 e. The SMILES string of the molecule is COc1ccc(CCN(C)Cn2nc(-c3cccs3)c3ccccc3c2=O)cc1OC. The van der Waals surface area contributed by atoms with Gasteiger partial charge in [0.25, 0.3) is 5.56 Å². The summed E-state index contributed by atoms with van der Waals surface area (Å²) in [4.78, 5) is 16.2. The number of hydrogen-bond acceptors (Lipinski definition) is 6. The summed E-state index contributed by atoms with van der Waals surface area (Å²) >= 11 is 1.62. The first-order chi connectivity index (χ1) is 15.1. The maximum atomic E-state index is 13.1. The molecule has 2 heterocycles.